The van der Waals surface area contributed by atoms with Crippen molar-refractivity contribution in [1.82, 2.24) is 0 Å². The molecule has 56 nitrogen and oxygen atoms in total. The molecule has 0 aliphatic carbocycles. The summed E-state index contributed by atoms with van der Waals surface area (Å²) >= 11 is 0. The second kappa shape index (κ2) is 105. The molecule has 0 amide bonds. The van der Waals surface area contributed by atoms with Gasteiger partial charge in [-0.3, -0.25) is 64.9 Å². The zero-order chi connectivity index (χ0) is 60.8. The number of guanidine groups is 12. The summed E-state index contributed by atoms with van der Waals surface area (Å²) in [6, 6.07) is 0. The molecule has 0 aliphatic rings. The SMILES string of the molecule is N=C(N)N.N=C(N)N.N=C(N)N.N=C(N)N.N=C(N)N.N=C(N)N.N=C(N)N.N=C(N)N.N=C(N)N.N=C(N)N.N=C(N)N.N=C(N)N.O=[N+]([O-])O.O=[N+]([O-])O.O=[N+]([O-])O.O=[N+]([O-])O.O=[N+]([O-])O. The van der Waals surface area contributed by atoms with Gasteiger partial charge < -0.3 is 164 Å². The molecular weight excluding hydrogens is 958 g/mol. The van der Waals surface area contributed by atoms with Crippen molar-refractivity contribution in [2.24, 2.45) is 138 Å². The Morgan fingerprint density at radius 3 is 0.206 bits per heavy atom. The average Bonchev–Trinajstić information content (AvgIpc) is 2.87. The number of nitrogens with one attached hydrogen (secondary N) is 12. The number of nitrogens with two attached hydrogens (primary N) is 24. The van der Waals surface area contributed by atoms with Crippen LogP contribution in [0.25, 0.3) is 0 Å². The summed E-state index contributed by atoms with van der Waals surface area (Å²) in [5.41, 5.74) is 107. The highest BCUT2D eigenvalue weighted by Crippen LogP contribution is 1.40. The Morgan fingerprint density at radius 2 is 0.206 bits per heavy atom. The van der Waals surface area contributed by atoms with E-state index in [0.717, 1.165) is 0 Å². The second-order valence-electron chi connectivity index (χ2n) is 6.65. The molecule has 0 aliphatic heterocycles. The molecule has 0 radical (unpaired) electrons. The van der Waals surface area contributed by atoms with E-state index in [1.807, 2.05) is 0 Å². The molecule has 65 N–H and O–H groups in total. The van der Waals surface area contributed by atoms with E-state index in [1.54, 1.807) is 0 Å². The van der Waals surface area contributed by atoms with E-state index in [0.29, 0.717) is 0 Å². The minimum Gasteiger partial charge on any atom is -0.370 e. The topological polar surface area (TPSA) is 1230 Å². The molecule has 0 fully saturated rings. The summed E-state index contributed by atoms with van der Waals surface area (Å²) in [6.07, 6.45) is 0. The Kier molecular flexibility index (Phi) is 172. The van der Waals surface area contributed by atoms with Gasteiger partial charge >= 0.3 is 0 Å². The quantitative estimate of drug-likeness (QED) is 0.0464. The van der Waals surface area contributed by atoms with Crippen molar-refractivity contribution in [2.45, 2.75) is 0 Å². The Hall–Kier alpha value is -12.8. The summed E-state index contributed by atoms with van der Waals surface area (Å²) in [7, 11) is 0. The number of hydrogen-bond donors (Lipinski definition) is 41. The van der Waals surface area contributed by atoms with Gasteiger partial charge in [0.15, 0.2) is 71.5 Å². The van der Waals surface area contributed by atoms with Gasteiger partial charge in [0.1, 0.15) is 0 Å². The van der Waals surface area contributed by atoms with E-state index >= 15 is 0 Å². The van der Waals surface area contributed by atoms with E-state index in [1.165, 1.54) is 0 Å². The average molecular weight is 1020 g/mol. The van der Waals surface area contributed by atoms with Crippen molar-refractivity contribution in [3.63, 3.8) is 0 Å². The predicted molar refractivity (Wildman–Crippen MR) is 237 cm³/mol. The Bertz CT molecular complexity index is 901. The van der Waals surface area contributed by atoms with Crippen LogP contribution in [0.2, 0.25) is 0 Å². The maximum Gasteiger partial charge on any atom is 0.291 e. The first-order chi connectivity index (χ1) is 29.4. The fraction of sp³-hybridized carbons (Fsp3) is 0. The number of nitrogens with zero attached hydrogens (tertiary/aromatic N) is 5. The highest BCUT2D eigenvalue weighted by atomic mass is 16.9. The lowest BCUT2D eigenvalue weighted by molar-refractivity contribution is -0.742. The third-order valence-corrected chi connectivity index (χ3v) is 0. The molecule has 0 atom stereocenters. The zero-order valence-corrected chi connectivity index (χ0v) is 34.4. The van der Waals surface area contributed by atoms with Crippen LogP contribution in [-0.2, 0) is 0 Å². The van der Waals surface area contributed by atoms with Crippen molar-refractivity contribution >= 4 is 71.5 Å². The van der Waals surface area contributed by atoms with Gasteiger partial charge in [-0.1, -0.05) is 0 Å². The third-order valence-electron chi connectivity index (χ3n) is 0. The minimum absolute atomic E-state index is 0.333. The number of rotatable bonds is 0. The molecule has 0 spiro atoms. The molecule has 408 valence electrons. The molecule has 0 saturated carbocycles. The molecule has 0 aromatic heterocycles. The van der Waals surface area contributed by atoms with E-state index in [2.05, 4.69) is 138 Å². The van der Waals surface area contributed by atoms with Gasteiger partial charge in [-0.25, -0.2) is 0 Å². The van der Waals surface area contributed by atoms with E-state index in [4.69, 9.17) is 142 Å². The van der Waals surface area contributed by atoms with Crippen LogP contribution in [0.5, 0.6) is 0 Å². The fourth-order valence-corrected chi connectivity index (χ4v) is 0. The first kappa shape index (κ1) is 111. The highest BCUT2D eigenvalue weighted by Gasteiger charge is 1.67. The Balaban J connectivity index is -0.0000000271. The second-order valence-corrected chi connectivity index (χ2v) is 6.65. The van der Waals surface area contributed by atoms with Crippen molar-refractivity contribution in [1.29, 1.82) is 64.9 Å². The normalized spacial score (nSPS) is 6.00. The summed E-state index contributed by atoms with van der Waals surface area (Å²) in [5, 5.41) is 141. The first-order valence-corrected chi connectivity index (χ1v) is 12.8. The first-order valence-electron chi connectivity index (χ1n) is 12.8. The standard InChI is InChI=1S/12CH5N3.5HNO3/c17*2-1(3)4/h12*(H5,2,3,4);5*(H,2,3,4). The maximum absolute atomic E-state index is 8.36. The molecule has 0 aromatic carbocycles. The largest absolute Gasteiger partial charge is 0.370 e. The van der Waals surface area contributed by atoms with Crippen LogP contribution in [0.15, 0.2) is 0 Å². The van der Waals surface area contributed by atoms with Gasteiger partial charge in [-0.2, -0.15) is 0 Å². The number of hydrogen-bond acceptors (Lipinski definition) is 22. The fourth-order valence-electron chi connectivity index (χ4n) is 0. The van der Waals surface area contributed by atoms with Gasteiger partial charge in [0.2, 0.25) is 0 Å². The molecule has 0 bridgehead atoms. The Morgan fingerprint density at radius 1 is 0.206 bits per heavy atom. The van der Waals surface area contributed by atoms with Crippen LogP contribution in [0.3, 0.4) is 0 Å². The molecule has 56 heteroatoms. The zero-order valence-electron chi connectivity index (χ0n) is 34.4. The molecule has 0 aromatic rings. The van der Waals surface area contributed by atoms with E-state index in [9.17, 15) is 0 Å². The lowest BCUT2D eigenvalue weighted by Crippen LogP contribution is -2.20. The van der Waals surface area contributed by atoms with Gasteiger partial charge in [0, 0.05) is 0 Å². The van der Waals surface area contributed by atoms with Crippen LogP contribution >= 0.6 is 0 Å². The molecule has 0 rings (SSSR count). The summed E-state index contributed by atoms with van der Waals surface area (Å²) in [5.74, 6) is -4.00. The molecule has 0 saturated heterocycles. The summed E-state index contributed by atoms with van der Waals surface area (Å²) in [4.78, 5) is 41.8. The lowest BCUT2D eigenvalue weighted by atomic mass is 11.1. The van der Waals surface area contributed by atoms with Gasteiger partial charge in [0.25, 0.3) is 25.4 Å². The Labute approximate surface area is 376 Å². The minimum atomic E-state index is -1.50. The monoisotopic (exact) mass is 1020 g/mol. The van der Waals surface area contributed by atoms with Crippen molar-refractivity contribution in [3.8, 4) is 0 Å². The van der Waals surface area contributed by atoms with Gasteiger partial charge in [-0.05, 0) is 0 Å². The smallest absolute Gasteiger partial charge is 0.291 e. The lowest BCUT2D eigenvalue weighted by Gasteiger charge is -1.69. The summed E-state index contributed by atoms with van der Waals surface area (Å²) in [6.45, 7) is 0. The van der Waals surface area contributed by atoms with E-state index in [-0.39, 0.29) is 71.5 Å². The van der Waals surface area contributed by atoms with Gasteiger partial charge in [0.05, 0.1) is 0 Å². The van der Waals surface area contributed by atoms with E-state index < -0.39 is 25.4 Å². The van der Waals surface area contributed by atoms with Crippen LogP contribution in [0.1, 0.15) is 0 Å². The van der Waals surface area contributed by atoms with Gasteiger partial charge in [-0.15, -0.1) is 50.6 Å². The van der Waals surface area contributed by atoms with Crippen LogP contribution in [0.4, 0.5) is 0 Å². The summed E-state index contributed by atoms with van der Waals surface area (Å²) < 4.78 is 0. The van der Waals surface area contributed by atoms with Crippen LogP contribution in [-0.4, -0.2) is 123 Å². The molecule has 0 heterocycles. The van der Waals surface area contributed by atoms with Crippen molar-refractivity contribution < 1.29 is 51.5 Å². The maximum atomic E-state index is 8.36. The van der Waals surface area contributed by atoms with Crippen LogP contribution < -0.4 is 138 Å². The van der Waals surface area contributed by atoms with Crippen molar-refractivity contribution in [3.05, 3.63) is 50.6 Å². The van der Waals surface area contributed by atoms with Crippen LogP contribution in [0, 0.1) is 115 Å². The molecule has 0 unspecified atom stereocenters. The van der Waals surface area contributed by atoms with Crippen molar-refractivity contribution in [2.75, 3.05) is 0 Å². The predicted octanol–water partition coefficient (Wildman–Crippen LogP) is -15.7. The molecule has 68 heavy (non-hydrogen) atoms. The highest BCUT2D eigenvalue weighted by molar-refractivity contribution is 5.74. The molecular formula is C12H65N41O15. The third kappa shape index (κ3) is 892.